The van der Waals surface area contributed by atoms with Gasteiger partial charge >= 0.3 is 0 Å². The number of aliphatic imine (C=N–C) groups is 1. The lowest BCUT2D eigenvalue weighted by Crippen LogP contribution is -2.53. The normalized spacial score (nSPS) is 21.4. The summed E-state index contributed by atoms with van der Waals surface area (Å²) in [5, 5.41) is 6.39. The molecule has 2 heterocycles. The van der Waals surface area contributed by atoms with Gasteiger partial charge in [-0.2, -0.15) is 0 Å². The van der Waals surface area contributed by atoms with E-state index in [9.17, 15) is 4.79 Å². The van der Waals surface area contributed by atoms with Gasteiger partial charge in [-0.05, 0) is 64.4 Å². The van der Waals surface area contributed by atoms with Gasteiger partial charge in [0.1, 0.15) is 6.10 Å². The van der Waals surface area contributed by atoms with Crippen molar-refractivity contribution in [1.29, 1.82) is 0 Å². The van der Waals surface area contributed by atoms with Gasteiger partial charge in [0.2, 0.25) is 0 Å². The SMILES string of the molecule is CNCCCN=C(C(C)=C(N)[C@@H](C)N(C(=O)[C@H]1CNCCO1)C1CC1)c1ccccn1. The zero-order chi connectivity index (χ0) is 22.2. The van der Waals surface area contributed by atoms with E-state index >= 15 is 0 Å². The molecule has 1 aliphatic carbocycles. The summed E-state index contributed by atoms with van der Waals surface area (Å²) in [6.45, 7) is 7.43. The van der Waals surface area contributed by atoms with Crippen LogP contribution in [0, 0.1) is 0 Å². The Morgan fingerprint density at radius 1 is 1.45 bits per heavy atom. The Morgan fingerprint density at radius 3 is 2.87 bits per heavy atom. The van der Waals surface area contributed by atoms with Gasteiger partial charge in [-0.25, -0.2) is 0 Å². The van der Waals surface area contributed by atoms with Crippen LogP contribution in [0.15, 0.2) is 40.7 Å². The van der Waals surface area contributed by atoms with E-state index in [1.165, 1.54) is 0 Å². The van der Waals surface area contributed by atoms with Crippen LogP contribution in [-0.4, -0.2) is 79.5 Å². The molecule has 8 heteroatoms. The van der Waals surface area contributed by atoms with Crippen molar-refractivity contribution in [3.05, 3.63) is 41.4 Å². The molecule has 1 saturated heterocycles. The number of nitrogens with zero attached hydrogens (tertiary/aromatic N) is 3. The van der Waals surface area contributed by atoms with Crippen molar-refractivity contribution in [2.24, 2.45) is 10.7 Å². The first-order valence-electron chi connectivity index (χ1n) is 11.3. The molecule has 8 nitrogen and oxygen atoms in total. The summed E-state index contributed by atoms with van der Waals surface area (Å²) >= 11 is 0. The van der Waals surface area contributed by atoms with Crippen LogP contribution in [0.2, 0.25) is 0 Å². The van der Waals surface area contributed by atoms with Crippen molar-refractivity contribution in [2.45, 2.75) is 51.3 Å². The number of carbonyl (C=O) groups excluding carboxylic acids is 1. The molecule has 31 heavy (non-hydrogen) atoms. The van der Waals surface area contributed by atoms with E-state index in [1.54, 1.807) is 6.20 Å². The average molecular weight is 429 g/mol. The van der Waals surface area contributed by atoms with Crippen LogP contribution in [-0.2, 0) is 9.53 Å². The predicted molar refractivity (Wildman–Crippen MR) is 123 cm³/mol. The number of nitrogens with two attached hydrogens (primary N) is 1. The summed E-state index contributed by atoms with van der Waals surface area (Å²) in [5.74, 6) is 0.0169. The average Bonchev–Trinajstić information content (AvgIpc) is 3.64. The molecule has 0 unspecified atom stereocenters. The maximum Gasteiger partial charge on any atom is 0.253 e. The lowest BCUT2D eigenvalue weighted by atomic mass is 10.0. The summed E-state index contributed by atoms with van der Waals surface area (Å²) in [4.78, 5) is 24.5. The molecule has 2 fully saturated rings. The molecule has 2 atom stereocenters. The number of ether oxygens (including phenoxy) is 1. The number of morpholine rings is 1. The van der Waals surface area contributed by atoms with Crippen molar-refractivity contribution in [2.75, 3.05) is 39.8 Å². The van der Waals surface area contributed by atoms with Gasteiger partial charge in [0.25, 0.3) is 5.91 Å². The molecule has 1 amide bonds. The van der Waals surface area contributed by atoms with Crippen molar-refractivity contribution in [3.63, 3.8) is 0 Å². The molecule has 0 bridgehead atoms. The van der Waals surface area contributed by atoms with Gasteiger partial charge in [-0.15, -0.1) is 0 Å². The molecule has 1 aromatic rings. The second-order valence-electron chi connectivity index (χ2n) is 8.20. The lowest BCUT2D eigenvalue weighted by molar-refractivity contribution is -0.147. The third kappa shape index (κ3) is 6.12. The first-order chi connectivity index (χ1) is 15.0. The Kier molecular flexibility index (Phi) is 8.57. The number of hydrogen-bond acceptors (Lipinski definition) is 7. The highest BCUT2D eigenvalue weighted by Crippen LogP contribution is 2.31. The quantitative estimate of drug-likeness (QED) is 0.381. The van der Waals surface area contributed by atoms with Crippen molar-refractivity contribution in [1.82, 2.24) is 20.5 Å². The highest BCUT2D eigenvalue weighted by molar-refractivity contribution is 6.11. The van der Waals surface area contributed by atoms with Crippen molar-refractivity contribution in [3.8, 4) is 0 Å². The Balaban J connectivity index is 1.86. The first-order valence-corrected chi connectivity index (χ1v) is 11.3. The molecule has 2 aliphatic rings. The number of hydrogen-bond donors (Lipinski definition) is 3. The van der Waals surface area contributed by atoms with Gasteiger partial charge in [0.05, 0.1) is 24.1 Å². The second kappa shape index (κ2) is 11.4. The highest BCUT2D eigenvalue weighted by Gasteiger charge is 2.40. The molecular formula is C23H36N6O2. The number of allylic oxidation sites excluding steroid dienone is 1. The topological polar surface area (TPSA) is 105 Å². The Hall–Kier alpha value is -2.29. The summed E-state index contributed by atoms with van der Waals surface area (Å²) < 4.78 is 5.73. The minimum atomic E-state index is -0.449. The molecule has 1 saturated carbocycles. The number of rotatable bonds is 10. The third-order valence-corrected chi connectivity index (χ3v) is 5.82. The summed E-state index contributed by atoms with van der Waals surface area (Å²) in [5.41, 5.74) is 9.78. The fourth-order valence-corrected chi connectivity index (χ4v) is 3.87. The van der Waals surface area contributed by atoms with Gasteiger partial charge in [0, 0.05) is 37.6 Å². The van der Waals surface area contributed by atoms with Gasteiger partial charge in [-0.3, -0.25) is 14.8 Å². The number of amides is 1. The molecule has 0 radical (unpaired) electrons. The Labute approximate surface area is 185 Å². The van der Waals surface area contributed by atoms with E-state index in [-0.39, 0.29) is 18.0 Å². The Morgan fingerprint density at radius 2 is 2.26 bits per heavy atom. The highest BCUT2D eigenvalue weighted by atomic mass is 16.5. The van der Waals surface area contributed by atoms with Crippen molar-refractivity contribution >= 4 is 11.6 Å². The van der Waals surface area contributed by atoms with Crippen LogP contribution in [0.3, 0.4) is 0 Å². The zero-order valence-corrected chi connectivity index (χ0v) is 18.9. The predicted octanol–water partition coefficient (Wildman–Crippen LogP) is 1.08. The van der Waals surface area contributed by atoms with Gasteiger partial charge in [0.15, 0.2) is 0 Å². The fourth-order valence-electron chi connectivity index (χ4n) is 3.87. The molecule has 170 valence electrons. The van der Waals surface area contributed by atoms with E-state index in [0.717, 1.165) is 49.3 Å². The molecule has 1 aliphatic heterocycles. The van der Waals surface area contributed by atoms with Crippen LogP contribution in [0.25, 0.3) is 0 Å². The van der Waals surface area contributed by atoms with Crippen LogP contribution in [0.5, 0.6) is 0 Å². The number of aromatic nitrogens is 1. The summed E-state index contributed by atoms with van der Waals surface area (Å²) in [6, 6.07) is 5.77. The van der Waals surface area contributed by atoms with Crippen molar-refractivity contribution < 1.29 is 9.53 Å². The monoisotopic (exact) mass is 428 g/mol. The zero-order valence-electron chi connectivity index (χ0n) is 18.9. The number of pyridine rings is 1. The van der Waals surface area contributed by atoms with Crippen LogP contribution < -0.4 is 16.4 Å². The number of carbonyl (C=O) groups is 1. The summed E-state index contributed by atoms with van der Waals surface area (Å²) in [6.07, 6.45) is 4.25. The lowest BCUT2D eigenvalue weighted by Gasteiger charge is -2.35. The number of nitrogens with one attached hydrogen (secondary N) is 2. The van der Waals surface area contributed by atoms with E-state index in [4.69, 9.17) is 15.5 Å². The fraction of sp³-hybridized carbons (Fsp3) is 0.609. The van der Waals surface area contributed by atoms with E-state index in [2.05, 4.69) is 15.6 Å². The van der Waals surface area contributed by atoms with E-state index in [1.807, 2.05) is 44.0 Å². The maximum atomic E-state index is 13.3. The standard InChI is InChI=1S/C23H36N6O2/c1-16(22(28-12-6-10-25-3)19-7-4-5-11-27-19)21(24)17(2)29(18-8-9-18)23(30)20-15-26-13-14-31-20/h4-5,7,11,17-18,20,25-26H,6,8-10,12-15,24H2,1-3H3/t17-,20-/m1/s1. The minimum Gasteiger partial charge on any atom is -0.400 e. The molecule has 0 aromatic carbocycles. The largest absolute Gasteiger partial charge is 0.400 e. The first kappa shape index (κ1) is 23.4. The third-order valence-electron chi connectivity index (χ3n) is 5.82. The molecule has 3 rings (SSSR count). The van der Waals surface area contributed by atoms with E-state index < -0.39 is 6.10 Å². The smallest absolute Gasteiger partial charge is 0.253 e. The maximum absolute atomic E-state index is 13.3. The van der Waals surface area contributed by atoms with Crippen LogP contribution in [0.4, 0.5) is 0 Å². The molecule has 4 N–H and O–H groups in total. The Bertz CT molecular complexity index is 785. The molecule has 1 aromatic heterocycles. The van der Waals surface area contributed by atoms with E-state index in [0.29, 0.717) is 25.4 Å². The second-order valence-corrected chi connectivity index (χ2v) is 8.20. The molecule has 0 spiro atoms. The minimum absolute atomic E-state index is 0.0169. The van der Waals surface area contributed by atoms with Gasteiger partial charge in [-0.1, -0.05) is 6.07 Å². The molecular weight excluding hydrogens is 392 g/mol. The van der Waals surface area contributed by atoms with Crippen LogP contribution in [0.1, 0.15) is 38.8 Å². The van der Waals surface area contributed by atoms with Gasteiger partial charge < -0.3 is 26.0 Å². The summed E-state index contributed by atoms with van der Waals surface area (Å²) in [7, 11) is 1.93. The van der Waals surface area contributed by atoms with Crippen LogP contribution >= 0.6 is 0 Å².